The number of aryl methyl sites for hydroxylation is 1. The summed E-state index contributed by atoms with van der Waals surface area (Å²) in [6.45, 7) is 3.73. The summed E-state index contributed by atoms with van der Waals surface area (Å²) in [4.78, 5) is 20.6. The summed E-state index contributed by atoms with van der Waals surface area (Å²) in [5.41, 5.74) is 1.37. The van der Waals surface area contributed by atoms with Crippen molar-refractivity contribution in [3.8, 4) is 0 Å². The van der Waals surface area contributed by atoms with Crippen molar-refractivity contribution in [1.82, 2.24) is 20.4 Å². The number of amides is 1. The standard InChI is InChI=1S/C21H35N5O/c1-22-21(23-14-7-12-18-10-5-4-6-11-18)24-15-9-17-26-16-8-13-19(26)20(27)25(2)3/h4-6,10-11,19H,7-9,12-17H2,1-3H3,(H2,22,23,24). The summed E-state index contributed by atoms with van der Waals surface area (Å²) < 4.78 is 0. The van der Waals surface area contributed by atoms with Crippen molar-refractivity contribution in [2.45, 2.75) is 38.1 Å². The molecule has 1 fully saturated rings. The van der Waals surface area contributed by atoms with E-state index in [1.807, 2.05) is 20.2 Å². The third kappa shape index (κ3) is 7.21. The summed E-state index contributed by atoms with van der Waals surface area (Å²) in [7, 11) is 5.49. The first-order valence-corrected chi connectivity index (χ1v) is 10.1. The van der Waals surface area contributed by atoms with Gasteiger partial charge in [0.2, 0.25) is 5.91 Å². The molecule has 0 aliphatic carbocycles. The Kier molecular flexibility index (Phi) is 9.11. The Morgan fingerprint density at radius 3 is 2.56 bits per heavy atom. The zero-order valence-corrected chi connectivity index (χ0v) is 17.1. The molecule has 0 saturated carbocycles. The van der Waals surface area contributed by atoms with Gasteiger partial charge in [-0.15, -0.1) is 0 Å². The number of rotatable bonds is 9. The zero-order chi connectivity index (χ0) is 19.5. The highest BCUT2D eigenvalue weighted by molar-refractivity contribution is 5.81. The van der Waals surface area contributed by atoms with Crippen molar-refractivity contribution in [1.29, 1.82) is 0 Å². The van der Waals surface area contributed by atoms with E-state index in [4.69, 9.17) is 0 Å². The van der Waals surface area contributed by atoms with Gasteiger partial charge in [0.1, 0.15) is 0 Å². The highest BCUT2D eigenvalue weighted by Crippen LogP contribution is 2.18. The molecule has 0 bridgehead atoms. The van der Waals surface area contributed by atoms with E-state index in [0.717, 1.165) is 64.2 Å². The number of likely N-dealkylation sites (tertiary alicyclic amines) is 1. The van der Waals surface area contributed by atoms with Crippen LogP contribution in [0.25, 0.3) is 0 Å². The molecule has 150 valence electrons. The van der Waals surface area contributed by atoms with Crippen LogP contribution in [0.5, 0.6) is 0 Å². The molecular weight excluding hydrogens is 338 g/mol. The van der Waals surface area contributed by atoms with Crippen LogP contribution in [0.3, 0.4) is 0 Å². The third-order valence-electron chi connectivity index (χ3n) is 5.01. The molecule has 1 aliphatic rings. The minimum absolute atomic E-state index is 0.0652. The van der Waals surface area contributed by atoms with E-state index in [0.29, 0.717) is 0 Å². The first-order valence-electron chi connectivity index (χ1n) is 10.1. The van der Waals surface area contributed by atoms with Gasteiger partial charge in [-0.3, -0.25) is 14.7 Å². The van der Waals surface area contributed by atoms with Gasteiger partial charge in [0.15, 0.2) is 5.96 Å². The monoisotopic (exact) mass is 373 g/mol. The number of hydrogen-bond donors (Lipinski definition) is 2. The molecule has 1 aromatic carbocycles. The normalized spacial score (nSPS) is 17.7. The highest BCUT2D eigenvalue weighted by atomic mass is 16.2. The molecule has 1 aromatic rings. The van der Waals surface area contributed by atoms with E-state index in [1.165, 1.54) is 5.56 Å². The van der Waals surface area contributed by atoms with Crippen molar-refractivity contribution in [2.24, 2.45) is 4.99 Å². The van der Waals surface area contributed by atoms with Crippen LogP contribution in [0.4, 0.5) is 0 Å². The zero-order valence-electron chi connectivity index (χ0n) is 17.1. The molecular formula is C21H35N5O. The molecule has 1 heterocycles. The lowest BCUT2D eigenvalue weighted by Crippen LogP contribution is -2.44. The minimum Gasteiger partial charge on any atom is -0.356 e. The maximum absolute atomic E-state index is 12.2. The Bertz CT molecular complexity index is 587. The van der Waals surface area contributed by atoms with E-state index >= 15 is 0 Å². The highest BCUT2D eigenvalue weighted by Gasteiger charge is 2.30. The van der Waals surface area contributed by atoms with Gasteiger partial charge in [0.25, 0.3) is 0 Å². The van der Waals surface area contributed by atoms with Crippen molar-refractivity contribution in [2.75, 3.05) is 47.3 Å². The van der Waals surface area contributed by atoms with Crippen molar-refractivity contribution >= 4 is 11.9 Å². The van der Waals surface area contributed by atoms with Crippen LogP contribution in [-0.4, -0.2) is 75.0 Å². The summed E-state index contributed by atoms with van der Waals surface area (Å²) in [5.74, 6) is 1.08. The van der Waals surface area contributed by atoms with Crippen LogP contribution in [0.1, 0.15) is 31.2 Å². The Balaban J connectivity index is 1.60. The lowest BCUT2D eigenvalue weighted by atomic mass is 10.1. The quantitative estimate of drug-likeness (QED) is 0.393. The molecule has 6 nitrogen and oxygen atoms in total. The molecule has 2 N–H and O–H groups in total. The van der Waals surface area contributed by atoms with Crippen LogP contribution < -0.4 is 10.6 Å². The van der Waals surface area contributed by atoms with Crippen LogP contribution >= 0.6 is 0 Å². The van der Waals surface area contributed by atoms with Gasteiger partial charge >= 0.3 is 0 Å². The number of carbonyl (C=O) groups is 1. The molecule has 6 heteroatoms. The van der Waals surface area contributed by atoms with Crippen LogP contribution in [0.15, 0.2) is 35.3 Å². The van der Waals surface area contributed by atoms with Crippen molar-refractivity contribution in [3.63, 3.8) is 0 Å². The first kappa shape index (κ1) is 21.2. The second kappa shape index (κ2) is 11.6. The molecule has 27 heavy (non-hydrogen) atoms. The predicted octanol–water partition coefficient (Wildman–Crippen LogP) is 1.73. The summed E-state index contributed by atoms with van der Waals surface area (Å²) in [6, 6.07) is 10.6. The Hall–Kier alpha value is -2.08. The summed E-state index contributed by atoms with van der Waals surface area (Å²) in [6.07, 6.45) is 5.24. The molecule has 0 radical (unpaired) electrons. The topological polar surface area (TPSA) is 60.0 Å². The molecule has 1 atom stereocenters. The van der Waals surface area contributed by atoms with Gasteiger partial charge in [-0.25, -0.2) is 0 Å². The Labute approximate surface area is 164 Å². The molecule has 0 spiro atoms. The number of hydrogen-bond acceptors (Lipinski definition) is 3. The minimum atomic E-state index is 0.0652. The van der Waals surface area contributed by atoms with Gasteiger partial charge in [0, 0.05) is 40.8 Å². The maximum Gasteiger partial charge on any atom is 0.239 e. The van der Waals surface area contributed by atoms with Crippen molar-refractivity contribution in [3.05, 3.63) is 35.9 Å². The van der Waals surface area contributed by atoms with Gasteiger partial charge < -0.3 is 15.5 Å². The van der Waals surface area contributed by atoms with E-state index in [2.05, 4.69) is 44.8 Å². The van der Waals surface area contributed by atoms with Crippen LogP contribution in [0.2, 0.25) is 0 Å². The van der Waals surface area contributed by atoms with Gasteiger partial charge in [-0.05, 0) is 44.2 Å². The van der Waals surface area contributed by atoms with Gasteiger partial charge in [-0.1, -0.05) is 30.3 Å². The fraction of sp³-hybridized carbons (Fsp3) is 0.619. The average Bonchev–Trinajstić information content (AvgIpc) is 3.15. The fourth-order valence-corrected chi connectivity index (χ4v) is 3.53. The number of nitrogens with zero attached hydrogens (tertiary/aromatic N) is 3. The molecule has 2 rings (SSSR count). The lowest BCUT2D eigenvalue weighted by Gasteiger charge is -2.26. The van der Waals surface area contributed by atoms with Gasteiger partial charge in [-0.2, -0.15) is 0 Å². The predicted molar refractivity (Wildman–Crippen MR) is 112 cm³/mol. The average molecular weight is 374 g/mol. The Morgan fingerprint density at radius 1 is 1.19 bits per heavy atom. The third-order valence-corrected chi connectivity index (χ3v) is 5.01. The van der Waals surface area contributed by atoms with E-state index in [-0.39, 0.29) is 11.9 Å². The summed E-state index contributed by atoms with van der Waals surface area (Å²) >= 11 is 0. The number of carbonyl (C=O) groups excluding carboxylic acids is 1. The number of nitrogens with one attached hydrogen (secondary N) is 2. The van der Waals surface area contributed by atoms with E-state index < -0.39 is 0 Å². The van der Waals surface area contributed by atoms with Gasteiger partial charge in [0.05, 0.1) is 6.04 Å². The van der Waals surface area contributed by atoms with E-state index in [1.54, 1.807) is 11.9 Å². The molecule has 1 saturated heterocycles. The van der Waals surface area contributed by atoms with E-state index in [9.17, 15) is 4.79 Å². The largest absolute Gasteiger partial charge is 0.356 e. The van der Waals surface area contributed by atoms with Crippen LogP contribution in [-0.2, 0) is 11.2 Å². The molecule has 1 aliphatic heterocycles. The maximum atomic E-state index is 12.2. The number of benzene rings is 1. The molecule has 1 amide bonds. The first-order chi connectivity index (χ1) is 13.1. The number of likely N-dealkylation sites (N-methyl/N-ethyl adjacent to an activating group) is 1. The summed E-state index contributed by atoms with van der Waals surface area (Å²) in [5, 5.41) is 6.75. The number of guanidine groups is 1. The molecule has 0 aromatic heterocycles. The second-order valence-electron chi connectivity index (χ2n) is 7.30. The SMILES string of the molecule is CN=C(NCCCc1ccccc1)NCCCN1CCCC1C(=O)N(C)C. The second-order valence-corrected chi connectivity index (χ2v) is 7.30. The fourth-order valence-electron chi connectivity index (χ4n) is 3.53. The van der Waals surface area contributed by atoms with Crippen LogP contribution in [0, 0.1) is 0 Å². The number of aliphatic imine (C=N–C) groups is 1. The van der Waals surface area contributed by atoms with Crippen molar-refractivity contribution < 1.29 is 4.79 Å². The molecule has 1 unspecified atom stereocenters. The Morgan fingerprint density at radius 2 is 1.89 bits per heavy atom. The lowest BCUT2D eigenvalue weighted by molar-refractivity contribution is -0.133. The smallest absolute Gasteiger partial charge is 0.239 e.